The summed E-state index contributed by atoms with van der Waals surface area (Å²) in [4.78, 5) is 4.33. The lowest BCUT2D eigenvalue weighted by Gasteiger charge is -2.12. The Kier molecular flexibility index (Phi) is 3.59. The van der Waals surface area contributed by atoms with Gasteiger partial charge in [-0.3, -0.25) is 0 Å². The number of hydrogen-bond donors (Lipinski definition) is 1. The van der Waals surface area contributed by atoms with Crippen LogP contribution in [-0.4, -0.2) is 28.8 Å². The smallest absolute Gasteiger partial charge is 0.0958 e. The first-order valence-corrected chi connectivity index (χ1v) is 7.11. The highest BCUT2D eigenvalue weighted by molar-refractivity contribution is 7.99. The first kappa shape index (κ1) is 10.2. The second-order valence-electron chi connectivity index (χ2n) is 3.29. The van der Waals surface area contributed by atoms with Gasteiger partial charge in [0, 0.05) is 11.8 Å². The number of aromatic nitrogens is 1. The number of pyridine rings is 1. The van der Waals surface area contributed by atoms with E-state index in [-0.39, 0.29) is 0 Å². The SMILES string of the molecule is CSc1ccc(NC2CCSC2)cn1. The number of anilines is 1. The first-order chi connectivity index (χ1) is 6.88. The van der Waals surface area contributed by atoms with Crippen LogP contribution >= 0.6 is 23.5 Å². The summed E-state index contributed by atoms with van der Waals surface area (Å²) >= 11 is 3.70. The van der Waals surface area contributed by atoms with Crippen LogP contribution in [0.4, 0.5) is 5.69 Å². The molecule has 2 heterocycles. The highest BCUT2D eigenvalue weighted by Crippen LogP contribution is 2.21. The molecule has 0 saturated carbocycles. The van der Waals surface area contributed by atoms with Gasteiger partial charge in [0.15, 0.2) is 0 Å². The van der Waals surface area contributed by atoms with Crippen LogP contribution in [0.3, 0.4) is 0 Å². The van der Waals surface area contributed by atoms with Crippen molar-refractivity contribution in [1.29, 1.82) is 0 Å². The Morgan fingerprint density at radius 2 is 2.50 bits per heavy atom. The fraction of sp³-hybridized carbons (Fsp3) is 0.500. The Hall–Kier alpha value is -0.350. The monoisotopic (exact) mass is 226 g/mol. The fourth-order valence-electron chi connectivity index (χ4n) is 1.47. The molecule has 2 nitrogen and oxygen atoms in total. The minimum atomic E-state index is 0.641. The van der Waals surface area contributed by atoms with Gasteiger partial charge in [-0.25, -0.2) is 4.98 Å². The highest BCUT2D eigenvalue weighted by Gasteiger charge is 2.14. The van der Waals surface area contributed by atoms with E-state index in [1.807, 2.05) is 24.2 Å². The zero-order valence-corrected chi connectivity index (χ0v) is 9.83. The maximum atomic E-state index is 4.33. The van der Waals surface area contributed by atoms with Gasteiger partial charge in [-0.1, -0.05) is 0 Å². The lowest BCUT2D eigenvalue weighted by Crippen LogP contribution is -2.17. The van der Waals surface area contributed by atoms with Gasteiger partial charge in [0.2, 0.25) is 0 Å². The molecule has 1 aromatic rings. The molecule has 1 fully saturated rings. The second kappa shape index (κ2) is 4.94. The molecule has 1 saturated heterocycles. The number of nitrogens with zero attached hydrogens (tertiary/aromatic N) is 1. The van der Waals surface area contributed by atoms with E-state index in [9.17, 15) is 0 Å². The second-order valence-corrected chi connectivity index (χ2v) is 5.27. The summed E-state index contributed by atoms with van der Waals surface area (Å²) in [6.07, 6.45) is 5.24. The molecule has 1 N–H and O–H groups in total. The van der Waals surface area contributed by atoms with Crippen LogP contribution in [0.1, 0.15) is 6.42 Å². The average Bonchev–Trinajstić information content (AvgIpc) is 2.72. The van der Waals surface area contributed by atoms with E-state index in [1.54, 1.807) is 11.8 Å². The minimum absolute atomic E-state index is 0.641. The van der Waals surface area contributed by atoms with E-state index in [1.165, 1.54) is 17.9 Å². The van der Waals surface area contributed by atoms with Gasteiger partial charge < -0.3 is 5.32 Å². The summed E-state index contributed by atoms with van der Waals surface area (Å²) in [7, 11) is 0. The molecule has 14 heavy (non-hydrogen) atoms. The molecule has 1 atom stereocenters. The van der Waals surface area contributed by atoms with E-state index in [4.69, 9.17) is 0 Å². The molecule has 1 aliphatic rings. The summed E-state index contributed by atoms with van der Waals surface area (Å²) in [5, 5.41) is 4.58. The summed E-state index contributed by atoms with van der Waals surface area (Å²) in [6.45, 7) is 0. The molecule has 4 heteroatoms. The zero-order valence-electron chi connectivity index (χ0n) is 8.19. The normalized spacial score (nSPS) is 21.1. The van der Waals surface area contributed by atoms with E-state index < -0.39 is 0 Å². The molecule has 1 aliphatic heterocycles. The van der Waals surface area contributed by atoms with E-state index in [2.05, 4.69) is 22.4 Å². The van der Waals surface area contributed by atoms with Crippen molar-refractivity contribution in [3.05, 3.63) is 18.3 Å². The number of rotatable bonds is 3. The van der Waals surface area contributed by atoms with E-state index in [0.717, 1.165) is 10.7 Å². The lowest BCUT2D eigenvalue weighted by atomic mass is 10.2. The summed E-state index contributed by atoms with van der Waals surface area (Å²) in [5.74, 6) is 2.51. The van der Waals surface area contributed by atoms with Crippen LogP contribution in [0.5, 0.6) is 0 Å². The molecule has 0 bridgehead atoms. The largest absolute Gasteiger partial charge is 0.380 e. The Morgan fingerprint density at radius 1 is 1.57 bits per heavy atom. The van der Waals surface area contributed by atoms with Crippen LogP contribution in [0, 0.1) is 0 Å². The predicted molar refractivity (Wildman–Crippen MR) is 65.4 cm³/mol. The van der Waals surface area contributed by atoms with Crippen LogP contribution < -0.4 is 5.32 Å². The van der Waals surface area contributed by atoms with Crippen molar-refractivity contribution in [2.45, 2.75) is 17.5 Å². The minimum Gasteiger partial charge on any atom is -0.380 e. The Bertz CT molecular complexity index is 281. The lowest BCUT2D eigenvalue weighted by molar-refractivity contribution is 0.811. The fourth-order valence-corrected chi connectivity index (χ4v) is 2.99. The van der Waals surface area contributed by atoms with Gasteiger partial charge in [-0.2, -0.15) is 11.8 Å². The maximum Gasteiger partial charge on any atom is 0.0958 e. The van der Waals surface area contributed by atoms with Crippen molar-refractivity contribution in [3.63, 3.8) is 0 Å². The molecule has 1 aromatic heterocycles. The van der Waals surface area contributed by atoms with Crippen molar-refractivity contribution in [1.82, 2.24) is 4.98 Å². The van der Waals surface area contributed by atoms with Crippen LogP contribution in [0.2, 0.25) is 0 Å². The first-order valence-electron chi connectivity index (χ1n) is 4.73. The number of nitrogens with one attached hydrogen (secondary N) is 1. The standard InChI is InChI=1S/C10H14N2S2/c1-13-10-3-2-8(6-11-10)12-9-4-5-14-7-9/h2-3,6,9,12H,4-5,7H2,1H3. The number of hydrogen-bond acceptors (Lipinski definition) is 4. The maximum absolute atomic E-state index is 4.33. The molecular formula is C10H14N2S2. The quantitative estimate of drug-likeness (QED) is 0.801. The van der Waals surface area contributed by atoms with Crippen molar-refractivity contribution in [3.8, 4) is 0 Å². The van der Waals surface area contributed by atoms with E-state index in [0.29, 0.717) is 6.04 Å². The van der Waals surface area contributed by atoms with Crippen molar-refractivity contribution in [2.24, 2.45) is 0 Å². The molecule has 76 valence electrons. The Balaban J connectivity index is 1.95. The van der Waals surface area contributed by atoms with Gasteiger partial charge in [-0.15, -0.1) is 11.8 Å². The predicted octanol–water partition coefficient (Wildman–Crippen LogP) is 2.72. The Morgan fingerprint density at radius 3 is 3.07 bits per heavy atom. The summed E-state index contributed by atoms with van der Waals surface area (Å²) in [5.41, 5.74) is 1.15. The molecule has 0 aliphatic carbocycles. The summed E-state index contributed by atoms with van der Waals surface area (Å²) in [6, 6.07) is 4.82. The molecule has 0 amide bonds. The van der Waals surface area contributed by atoms with E-state index >= 15 is 0 Å². The third kappa shape index (κ3) is 2.58. The van der Waals surface area contributed by atoms with Crippen molar-refractivity contribution in [2.75, 3.05) is 23.1 Å². The van der Waals surface area contributed by atoms with Gasteiger partial charge in [0.05, 0.1) is 16.9 Å². The van der Waals surface area contributed by atoms with Crippen LogP contribution in [0.15, 0.2) is 23.4 Å². The molecule has 1 unspecified atom stereocenters. The summed E-state index contributed by atoms with van der Waals surface area (Å²) < 4.78 is 0. The highest BCUT2D eigenvalue weighted by atomic mass is 32.2. The van der Waals surface area contributed by atoms with Crippen molar-refractivity contribution < 1.29 is 0 Å². The van der Waals surface area contributed by atoms with Gasteiger partial charge in [0.1, 0.15) is 0 Å². The number of thioether (sulfide) groups is 2. The molecular weight excluding hydrogens is 212 g/mol. The molecule has 2 rings (SSSR count). The van der Waals surface area contributed by atoms with Gasteiger partial charge in [0.25, 0.3) is 0 Å². The van der Waals surface area contributed by atoms with Crippen LogP contribution in [0.25, 0.3) is 0 Å². The molecule has 0 spiro atoms. The molecule has 0 aromatic carbocycles. The third-order valence-electron chi connectivity index (χ3n) is 2.25. The third-order valence-corrected chi connectivity index (χ3v) is 4.07. The average molecular weight is 226 g/mol. The molecule has 0 radical (unpaired) electrons. The Labute approximate surface area is 93.3 Å². The topological polar surface area (TPSA) is 24.9 Å². The zero-order chi connectivity index (χ0) is 9.80. The van der Waals surface area contributed by atoms with Gasteiger partial charge in [-0.05, 0) is 30.6 Å². The van der Waals surface area contributed by atoms with Crippen molar-refractivity contribution >= 4 is 29.2 Å². The van der Waals surface area contributed by atoms with Gasteiger partial charge >= 0.3 is 0 Å². The van der Waals surface area contributed by atoms with Crippen LogP contribution in [-0.2, 0) is 0 Å².